The predicted octanol–water partition coefficient (Wildman–Crippen LogP) is 5.83. The first-order valence-electron chi connectivity index (χ1n) is 14.4. The molecule has 0 aromatic heterocycles. The molecule has 3 rings (SSSR count). The number of benzene rings is 3. The Bertz CT molecular complexity index is 1380. The third-order valence-electron chi connectivity index (χ3n) is 6.85. The van der Waals surface area contributed by atoms with Crippen LogP contribution >= 0.6 is 0 Å². The average molecular weight is 578 g/mol. The number of unbranched alkanes of at least 4 members (excludes halogenated alkanes) is 3. The van der Waals surface area contributed by atoms with Gasteiger partial charge in [0.2, 0.25) is 5.91 Å². The zero-order valence-electron chi connectivity index (χ0n) is 25.1. The minimum atomic E-state index is -1.37. The fourth-order valence-electron chi connectivity index (χ4n) is 4.74. The number of aryl methyl sites for hydroxylation is 1. The number of amides is 3. The molecule has 3 amide bonds. The zero-order valence-corrected chi connectivity index (χ0v) is 25.1. The molecule has 42 heavy (non-hydrogen) atoms. The van der Waals surface area contributed by atoms with Crippen LogP contribution in [-0.2, 0) is 14.3 Å². The van der Waals surface area contributed by atoms with E-state index in [1.807, 2.05) is 36.4 Å². The van der Waals surface area contributed by atoms with E-state index in [0.717, 1.165) is 30.0 Å². The van der Waals surface area contributed by atoms with Crippen LogP contribution in [-0.4, -0.2) is 57.8 Å². The number of fused-ring (bicyclic) bond motifs is 1. The van der Waals surface area contributed by atoms with Crippen LogP contribution in [0.1, 0.15) is 70.5 Å². The van der Waals surface area contributed by atoms with Crippen LogP contribution in [0.25, 0.3) is 10.8 Å². The number of phenols is 1. The molecule has 9 nitrogen and oxygen atoms in total. The van der Waals surface area contributed by atoms with Crippen molar-refractivity contribution in [2.75, 3.05) is 18.5 Å². The maximum absolute atomic E-state index is 14.1. The third kappa shape index (κ3) is 8.69. The molecule has 0 saturated heterocycles. The molecule has 4 N–H and O–H groups in total. The Balaban J connectivity index is 2.03. The van der Waals surface area contributed by atoms with Crippen LogP contribution in [0.3, 0.4) is 0 Å². The van der Waals surface area contributed by atoms with Crippen molar-refractivity contribution in [1.29, 1.82) is 0 Å². The van der Waals surface area contributed by atoms with Gasteiger partial charge < -0.3 is 30.5 Å². The third-order valence-corrected chi connectivity index (χ3v) is 6.85. The quantitative estimate of drug-likeness (QED) is 0.201. The van der Waals surface area contributed by atoms with Gasteiger partial charge in [0.1, 0.15) is 23.4 Å². The summed E-state index contributed by atoms with van der Waals surface area (Å²) in [6.45, 7) is 8.31. The molecular formula is C33H43N3O6. The molecule has 0 heterocycles. The SMILES string of the molecule is CCCCCCN(C(=O)C(CO)NC(=O)OC(C)(C)C)C(C(=O)Nc1ccc2ccccc2c1)c1cccc(C)c1O. The normalized spacial score (nSPS) is 12.8. The number of phenolic OH excluding ortho intramolecular Hbond substituents is 1. The van der Waals surface area contributed by atoms with E-state index in [-0.39, 0.29) is 17.9 Å². The molecule has 0 aliphatic rings. The van der Waals surface area contributed by atoms with Crippen molar-refractivity contribution in [1.82, 2.24) is 10.2 Å². The highest BCUT2D eigenvalue weighted by molar-refractivity contribution is 6.00. The summed E-state index contributed by atoms with van der Waals surface area (Å²) in [6.07, 6.45) is 2.43. The number of nitrogens with zero attached hydrogens (tertiary/aromatic N) is 1. The lowest BCUT2D eigenvalue weighted by Gasteiger charge is -2.34. The topological polar surface area (TPSA) is 128 Å². The summed E-state index contributed by atoms with van der Waals surface area (Å²) in [5.74, 6) is -1.31. The van der Waals surface area contributed by atoms with E-state index < -0.39 is 42.2 Å². The maximum Gasteiger partial charge on any atom is 0.408 e. The minimum absolute atomic E-state index is 0.108. The summed E-state index contributed by atoms with van der Waals surface area (Å²) in [5.41, 5.74) is 0.494. The monoisotopic (exact) mass is 577 g/mol. The largest absolute Gasteiger partial charge is 0.507 e. The lowest BCUT2D eigenvalue weighted by atomic mass is 9.98. The highest BCUT2D eigenvalue weighted by Crippen LogP contribution is 2.33. The van der Waals surface area contributed by atoms with Gasteiger partial charge in [-0.2, -0.15) is 0 Å². The van der Waals surface area contributed by atoms with Gasteiger partial charge in [-0.25, -0.2) is 4.79 Å². The summed E-state index contributed by atoms with van der Waals surface area (Å²) in [6, 6.07) is 15.7. The van der Waals surface area contributed by atoms with Crippen LogP contribution in [0.2, 0.25) is 0 Å². The van der Waals surface area contributed by atoms with E-state index in [1.54, 1.807) is 52.0 Å². The van der Waals surface area contributed by atoms with Gasteiger partial charge in [-0.15, -0.1) is 0 Å². The number of aliphatic hydroxyl groups excluding tert-OH is 1. The maximum atomic E-state index is 14.1. The van der Waals surface area contributed by atoms with Gasteiger partial charge in [-0.3, -0.25) is 9.59 Å². The van der Waals surface area contributed by atoms with Gasteiger partial charge in [-0.1, -0.05) is 74.7 Å². The molecule has 0 radical (unpaired) electrons. The second kappa shape index (κ2) is 14.7. The van der Waals surface area contributed by atoms with Crippen molar-refractivity contribution in [3.05, 3.63) is 71.8 Å². The highest BCUT2D eigenvalue weighted by Gasteiger charge is 2.37. The molecular weight excluding hydrogens is 534 g/mol. The van der Waals surface area contributed by atoms with Gasteiger partial charge in [-0.05, 0) is 62.6 Å². The van der Waals surface area contributed by atoms with Crippen LogP contribution in [0, 0.1) is 6.92 Å². The molecule has 2 unspecified atom stereocenters. The number of rotatable bonds is 12. The van der Waals surface area contributed by atoms with Crippen molar-refractivity contribution in [2.45, 2.75) is 78.0 Å². The number of hydrogen-bond donors (Lipinski definition) is 4. The number of anilines is 1. The van der Waals surface area contributed by atoms with E-state index in [1.165, 1.54) is 4.90 Å². The van der Waals surface area contributed by atoms with Crippen LogP contribution in [0.4, 0.5) is 10.5 Å². The Labute approximate surface area is 247 Å². The summed E-state index contributed by atoms with van der Waals surface area (Å²) in [7, 11) is 0. The Hall–Kier alpha value is -4.11. The average Bonchev–Trinajstić information content (AvgIpc) is 2.94. The van der Waals surface area contributed by atoms with Gasteiger partial charge in [0.25, 0.3) is 5.91 Å². The number of aromatic hydroxyl groups is 1. The molecule has 3 aromatic rings. The number of hydrogen-bond acceptors (Lipinski definition) is 6. The zero-order chi connectivity index (χ0) is 30.9. The molecule has 0 aliphatic heterocycles. The summed E-state index contributed by atoms with van der Waals surface area (Å²) in [4.78, 5) is 42.0. The first-order chi connectivity index (χ1) is 19.9. The van der Waals surface area contributed by atoms with Crippen LogP contribution < -0.4 is 10.6 Å². The summed E-state index contributed by atoms with van der Waals surface area (Å²) < 4.78 is 5.30. The number of nitrogens with one attached hydrogen (secondary N) is 2. The fourth-order valence-corrected chi connectivity index (χ4v) is 4.74. The second-order valence-corrected chi connectivity index (χ2v) is 11.4. The molecule has 0 aliphatic carbocycles. The Morgan fingerprint density at radius 2 is 1.67 bits per heavy atom. The predicted molar refractivity (Wildman–Crippen MR) is 164 cm³/mol. The summed E-state index contributed by atoms with van der Waals surface area (Å²) >= 11 is 0. The van der Waals surface area contributed by atoms with Crippen LogP contribution in [0.5, 0.6) is 5.75 Å². The number of carbonyl (C=O) groups is 3. The molecule has 0 bridgehead atoms. The van der Waals surface area contributed by atoms with Crippen molar-refractivity contribution in [2.24, 2.45) is 0 Å². The van der Waals surface area contributed by atoms with Crippen molar-refractivity contribution in [3.8, 4) is 5.75 Å². The van der Waals surface area contributed by atoms with Crippen molar-refractivity contribution in [3.63, 3.8) is 0 Å². The standard InChI is InChI=1S/C33H43N3O6/c1-6-7-8-11-19-36(31(40)27(21-37)35-32(41)42-33(3,4)5)28(26-16-12-13-22(2)29(26)38)30(39)34-25-18-17-23-14-9-10-15-24(23)20-25/h9-10,12-18,20,27-28,37-38H,6-8,11,19,21H2,1-5H3,(H,34,39)(H,35,41). The lowest BCUT2D eigenvalue weighted by Crippen LogP contribution is -2.54. The minimum Gasteiger partial charge on any atom is -0.507 e. The van der Waals surface area contributed by atoms with Gasteiger partial charge in [0, 0.05) is 17.8 Å². The van der Waals surface area contributed by atoms with E-state index in [9.17, 15) is 24.6 Å². The van der Waals surface area contributed by atoms with Gasteiger partial charge >= 0.3 is 6.09 Å². The van der Waals surface area contributed by atoms with Gasteiger partial charge in [0.05, 0.1) is 6.61 Å². The lowest BCUT2D eigenvalue weighted by molar-refractivity contribution is -0.141. The number of alkyl carbamates (subject to hydrolysis) is 1. The fraction of sp³-hybridized carbons (Fsp3) is 0.424. The highest BCUT2D eigenvalue weighted by atomic mass is 16.6. The number of para-hydroxylation sites is 1. The molecule has 226 valence electrons. The molecule has 2 atom stereocenters. The first-order valence-corrected chi connectivity index (χ1v) is 14.4. The molecule has 9 heteroatoms. The van der Waals surface area contributed by atoms with E-state index in [0.29, 0.717) is 17.7 Å². The summed E-state index contributed by atoms with van der Waals surface area (Å²) in [5, 5.41) is 28.6. The van der Waals surface area contributed by atoms with Gasteiger partial charge in [0.15, 0.2) is 0 Å². The van der Waals surface area contributed by atoms with Crippen molar-refractivity contribution < 1.29 is 29.3 Å². The number of ether oxygens (including phenoxy) is 1. The van der Waals surface area contributed by atoms with Crippen molar-refractivity contribution >= 4 is 34.4 Å². The van der Waals surface area contributed by atoms with E-state index in [4.69, 9.17) is 4.74 Å². The molecule has 0 saturated carbocycles. The Morgan fingerprint density at radius 1 is 0.952 bits per heavy atom. The number of carbonyl (C=O) groups excluding carboxylic acids is 3. The smallest absolute Gasteiger partial charge is 0.408 e. The molecule has 0 spiro atoms. The molecule has 3 aromatic carbocycles. The number of aliphatic hydroxyl groups is 1. The van der Waals surface area contributed by atoms with E-state index in [2.05, 4.69) is 17.6 Å². The second-order valence-electron chi connectivity index (χ2n) is 11.4. The van der Waals surface area contributed by atoms with E-state index >= 15 is 0 Å². The Kier molecular flexibility index (Phi) is 11.3. The first kappa shape index (κ1) is 32.4. The Morgan fingerprint density at radius 3 is 2.33 bits per heavy atom. The van der Waals surface area contributed by atoms with Crippen LogP contribution in [0.15, 0.2) is 60.7 Å². The molecule has 0 fully saturated rings.